The predicted molar refractivity (Wildman–Crippen MR) is 83.5 cm³/mol. The molecule has 9 atom stereocenters. The summed E-state index contributed by atoms with van der Waals surface area (Å²) >= 11 is 0. The molecule has 0 aliphatic heterocycles. The molecule has 3 saturated carbocycles. The van der Waals surface area contributed by atoms with E-state index in [4.69, 9.17) is 5.53 Å². The van der Waals surface area contributed by atoms with Crippen molar-refractivity contribution in [2.75, 3.05) is 0 Å². The van der Waals surface area contributed by atoms with Gasteiger partial charge in [-0.3, -0.25) is 0 Å². The van der Waals surface area contributed by atoms with Crippen LogP contribution < -0.4 is 0 Å². The second kappa shape index (κ2) is 5.17. The molecule has 0 amide bonds. The minimum atomic E-state index is -0.482. The van der Waals surface area contributed by atoms with Gasteiger partial charge < -0.3 is 5.11 Å². The molecule has 5 unspecified atom stereocenters. The van der Waals surface area contributed by atoms with E-state index < -0.39 is 6.10 Å². The number of rotatable bonds is 1. The number of aliphatic hydroxyl groups excluding tert-OH is 1. The van der Waals surface area contributed by atoms with Gasteiger partial charge >= 0.3 is 0 Å². The van der Waals surface area contributed by atoms with E-state index in [2.05, 4.69) is 37.7 Å². The van der Waals surface area contributed by atoms with Crippen LogP contribution in [0.25, 0.3) is 10.4 Å². The molecule has 0 bridgehead atoms. The first-order chi connectivity index (χ1) is 9.91. The SMILES string of the molecule is CC1CC(C)C2C1CCC1C[C@@H](C)[C@@H](O)[C@H](N=[N+]=[N-])[C@@]12C. The van der Waals surface area contributed by atoms with Gasteiger partial charge in [0, 0.05) is 4.91 Å². The molecule has 4 heteroatoms. The molecule has 3 aliphatic rings. The van der Waals surface area contributed by atoms with Gasteiger partial charge in [0.1, 0.15) is 0 Å². The van der Waals surface area contributed by atoms with Crippen molar-refractivity contribution in [1.29, 1.82) is 0 Å². The lowest BCUT2D eigenvalue weighted by Crippen LogP contribution is -2.59. The predicted octanol–water partition coefficient (Wildman–Crippen LogP) is 4.39. The third-order valence-corrected chi connectivity index (χ3v) is 7.37. The Labute approximate surface area is 127 Å². The molecule has 0 radical (unpaired) electrons. The van der Waals surface area contributed by atoms with Crippen LogP contribution in [0.4, 0.5) is 0 Å². The first kappa shape index (κ1) is 15.2. The van der Waals surface area contributed by atoms with Crippen molar-refractivity contribution in [3.63, 3.8) is 0 Å². The van der Waals surface area contributed by atoms with E-state index in [1.807, 2.05) is 0 Å². The molecule has 3 rings (SSSR count). The van der Waals surface area contributed by atoms with Crippen LogP contribution in [0.3, 0.4) is 0 Å². The Hall–Kier alpha value is -0.730. The fourth-order valence-electron chi connectivity index (χ4n) is 6.53. The summed E-state index contributed by atoms with van der Waals surface area (Å²) < 4.78 is 0. The lowest BCUT2D eigenvalue weighted by Gasteiger charge is -2.59. The van der Waals surface area contributed by atoms with Crippen LogP contribution in [0.1, 0.15) is 53.4 Å². The van der Waals surface area contributed by atoms with Crippen LogP contribution in [-0.4, -0.2) is 17.3 Å². The highest BCUT2D eigenvalue weighted by Crippen LogP contribution is 2.64. The van der Waals surface area contributed by atoms with Gasteiger partial charge in [-0.1, -0.05) is 32.8 Å². The maximum Gasteiger partial charge on any atom is 0.0695 e. The number of hydrogen-bond acceptors (Lipinski definition) is 2. The molecule has 0 saturated heterocycles. The molecule has 1 N–H and O–H groups in total. The monoisotopic (exact) mass is 291 g/mol. The average molecular weight is 291 g/mol. The van der Waals surface area contributed by atoms with E-state index in [1.165, 1.54) is 19.3 Å². The van der Waals surface area contributed by atoms with Crippen LogP contribution in [0, 0.1) is 40.9 Å². The molecule has 0 aromatic rings. The quantitative estimate of drug-likeness (QED) is 0.434. The van der Waals surface area contributed by atoms with E-state index in [9.17, 15) is 5.11 Å². The molecule has 4 nitrogen and oxygen atoms in total. The van der Waals surface area contributed by atoms with E-state index >= 15 is 0 Å². The van der Waals surface area contributed by atoms with Gasteiger partial charge in [-0.05, 0) is 72.1 Å². The van der Waals surface area contributed by atoms with Crippen LogP contribution in [0.2, 0.25) is 0 Å². The maximum atomic E-state index is 10.7. The highest BCUT2D eigenvalue weighted by atomic mass is 16.3. The molecule has 3 aliphatic carbocycles. The van der Waals surface area contributed by atoms with Crippen molar-refractivity contribution in [2.45, 2.75) is 65.5 Å². The van der Waals surface area contributed by atoms with E-state index in [0.717, 1.165) is 18.3 Å². The Morgan fingerprint density at radius 2 is 1.81 bits per heavy atom. The molecule has 3 fully saturated rings. The van der Waals surface area contributed by atoms with Crippen molar-refractivity contribution < 1.29 is 5.11 Å². The minimum Gasteiger partial charge on any atom is -0.392 e. The third-order valence-electron chi connectivity index (χ3n) is 7.37. The molecule has 0 spiro atoms. The first-order valence-corrected chi connectivity index (χ1v) is 8.63. The summed E-state index contributed by atoms with van der Waals surface area (Å²) in [5.41, 5.74) is 9.01. The van der Waals surface area contributed by atoms with Crippen molar-refractivity contribution >= 4 is 0 Å². The maximum absolute atomic E-state index is 10.7. The lowest BCUT2D eigenvalue weighted by molar-refractivity contribution is -0.120. The topological polar surface area (TPSA) is 69.0 Å². The van der Waals surface area contributed by atoms with Gasteiger partial charge in [-0.25, -0.2) is 0 Å². The number of nitrogens with zero attached hydrogens (tertiary/aromatic N) is 3. The zero-order chi connectivity index (χ0) is 15.4. The van der Waals surface area contributed by atoms with Crippen LogP contribution in [0.15, 0.2) is 5.11 Å². The van der Waals surface area contributed by atoms with Gasteiger partial charge in [-0.15, -0.1) is 0 Å². The molecule has 118 valence electrons. The summed E-state index contributed by atoms with van der Waals surface area (Å²) in [6.07, 6.45) is 4.45. The summed E-state index contributed by atoms with van der Waals surface area (Å²) in [6.45, 7) is 9.18. The van der Waals surface area contributed by atoms with Gasteiger partial charge in [0.25, 0.3) is 0 Å². The van der Waals surface area contributed by atoms with Crippen molar-refractivity contribution in [1.82, 2.24) is 0 Å². The highest BCUT2D eigenvalue weighted by Gasteiger charge is 2.61. The normalized spacial score (nSPS) is 56.2. The van der Waals surface area contributed by atoms with E-state index in [0.29, 0.717) is 17.8 Å². The van der Waals surface area contributed by atoms with Crippen molar-refractivity contribution in [3.05, 3.63) is 10.4 Å². The van der Waals surface area contributed by atoms with Crippen LogP contribution >= 0.6 is 0 Å². The lowest BCUT2D eigenvalue weighted by atomic mass is 9.48. The molecule has 0 aromatic carbocycles. The first-order valence-electron chi connectivity index (χ1n) is 8.63. The number of azide groups is 1. The number of hydrogen-bond donors (Lipinski definition) is 1. The minimum absolute atomic E-state index is 0.0226. The van der Waals surface area contributed by atoms with Crippen LogP contribution in [-0.2, 0) is 0 Å². The highest BCUT2D eigenvalue weighted by molar-refractivity contribution is 5.12. The smallest absolute Gasteiger partial charge is 0.0695 e. The third kappa shape index (κ3) is 2.03. The van der Waals surface area contributed by atoms with E-state index in [-0.39, 0.29) is 17.4 Å². The second-order valence-electron chi connectivity index (χ2n) is 8.37. The largest absolute Gasteiger partial charge is 0.392 e. The Bertz CT molecular complexity index is 461. The summed E-state index contributed by atoms with van der Waals surface area (Å²) in [4.78, 5) is 3.10. The Morgan fingerprint density at radius 3 is 2.48 bits per heavy atom. The Morgan fingerprint density at radius 1 is 1.10 bits per heavy atom. The van der Waals surface area contributed by atoms with Gasteiger partial charge in [0.05, 0.1) is 12.1 Å². The molecular formula is C17H29N3O. The standard InChI is InChI=1S/C17H29N3O/c1-9-7-10(2)14-13(9)6-5-12-8-11(3)15(21)16(19-20-18)17(12,14)4/h9-16,21H,5-8H2,1-4H3/t9?,10?,11-,12?,13?,14?,15-,16+,17+/m1/s1. The van der Waals surface area contributed by atoms with Gasteiger partial charge in [0.2, 0.25) is 0 Å². The van der Waals surface area contributed by atoms with Crippen LogP contribution in [0.5, 0.6) is 0 Å². The molecular weight excluding hydrogens is 262 g/mol. The molecule has 0 aromatic heterocycles. The summed E-state index contributed by atoms with van der Waals surface area (Å²) in [5.74, 6) is 3.63. The Balaban J connectivity index is 2.05. The second-order valence-corrected chi connectivity index (χ2v) is 8.37. The number of aliphatic hydroxyl groups is 1. The van der Waals surface area contributed by atoms with Gasteiger partial charge in [-0.2, -0.15) is 0 Å². The average Bonchev–Trinajstić information content (AvgIpc) is 2.73. The fraction of sp³-hybridized carbons (Fsp3) is 1.00. The zero-order valence-corrected chi connectivity index (χ0v) is 13.7. The number of fused-ring (bicyclic) bond motifs is 3. The molecule has 0 heterocycles. The van der Waals surface area contributed by atoms with Crippen molar-refractivity contribution in [3.8, 4) is 0 Å². The summed E-state index contributed by atoms with van der Waals surface area (Å²) in [5, 5.41) is 14.8. The van der Waals surface area contributed by atoms with Crippen molar-refractivity contribution in [2.24, 2.45) is 46.0 Å². The Kier molecular flexibility index (Phi) is 3.74. The van der Waals surface area contributed by atoms with E-state index in [1.54, 1.807) is 0 Å². The zero-order valence-electron chi connectivity index (χ0n) is 13.7. The van der Waals surface area contributed by atoms with Gasteiger partial charge in [0.15, 0.2) is 0 Å². The molecule has 21 heavy (non-hydrogen) atoms. The summed E-state index contributed by atoms with van der Waals surface area (Å²) in [7, 11) is 0. The fourth-order valence-corrected chi connectivity index (χ4v) is 6.53. The summed E-state index contributed by atoms with van der Waals surface area (Å²) in [6, 6.07) is -0.253.